The van der Waals surface area contributed by atoms with Gasteiger partial charge in [0.1, 0.15) is 11.8 Å². The molecule has 8 heteroatoms. The lowest BCUT2D eigenvalue weighted by Crippen LogP contribution is -2.31. The number of hydrazone groups is 1. The molecule has 2 amide bonds. The topological polar surface area (TPSA) is 102 Å². The number of phenolic OH excluding ortho intramolecular Hbond substituents is 1. The van der Waals surface area contributed by atoms with Gasteiger partial charge in [0, 0.05) is 39.7 Å². The third kappa shape index (κ3) is 4.78. The van der Waals surface area contributed by atoms with Crippen LogP contribution in [0.2, 0.25) is 0 Å². The Balaban J connectivity index is 1.46. The fraction of sp³-hybridized carbons (Fsp3) is 0.0714. The Morgan fingerprint density at radius 1 is 1.00 bits per heavy atom. The van der Waals surface area contributed by atoms with Crippen molar-refractivity contribution in [3.63, 3.8) is 0 Å². The molecule has 1 atom stereocenters. The van der Waals surface area contributed by atoms with Gasteiger partial charge in [-0.25, -0.2) is 9.80 Å². The maximum Gasteiger partial charge on any atom is 0.342 e. The summed E-state index contributed by atoms with van der Waals surface area (Å²) < 4.78 is 0. The van der Waals surface area contributed by atoms with Crippen LogP contribution in [0.15, 0.2) is 112 Å². The van der Waals surface area contributed by atoms with Gasteiger partial charge in [0.25, 0.3) is 0 Å². The average Bonchev–Trinajstić information content (AvgIpc) is 3.36. The zero-order valence-corrected chi connectivity index (χ0v) is 19.9. The van der Waals surface area contributed by atoms with Crippen molar-refractivity contribution in [2.45, 2.75) is 22.3 Å². The van der Waals surface area contributed by atoms with Gasteiger partial charge in [0.2, 0.25) is 0 Å². The molecule has 1 unspecified atom stereocenters. The van der Waals surface area contributed by atoms with Gasteiger partial charge >= 0.3 is 6.03 Å². The van der Waals surface area contributed by atoms with Crippen molar-refractivity contribution in [2.24, 2.45) is 5.10 Å². The summed E-state index contributed by atoms with van der Waals surface area (Å²) >= 11 is 1.41. The molecule has 4 aromatic rings. The van der Waals surface area contributed by atoms with Crippen LogP contribution in [0.5, 0.6) is 5.75 Å². The molecule has 3 aromatic carbocycles. The van der Waals surface area contributed by atoms with Crippen molar-refractivity contribution in [2.75, 3.05) is 5.32 Å². The lowest BCUT2D eigenvalue weighted by Gasteiger charge is -2.23. The molecule has 0 bridgehead atoms. The molecule has 5 rings (SSSR count). The monoisotopic (exact) mass is 491 g/mol. The summed E-state index contributed by atoms with van der Waals surface area (Å²) in [6.07, 6.45) is 3.83. The zero-order valence-electron chi connectivity index (χ0n) is 19.1. The fourth-order valence-electron chi connectivity index (χ4n) is 4.02. The number of aromatic nitrogens is 1. The van der Waals surface area contributed by atoms with E-state index in [9.17, 15) is 15.2 Å². The van der Waals surface area contributed by atoms with Crippen LogP contribution in [0.3, 0.4) is 0 Å². The molecule has 1 aliphatic heterocycles. The predicted molar refractivity (Wildman–Crippen MR) is 139 cm³/mol. The molecule has 176 valence electrons. The number of hydrogen-bond donors (Lipinski definition) is 2. The Morgan fingerprint density at radius 3 is 2.53 bits per heavy atom. The van der Waals surface area contributed by atoms with Gasteiger partial charge in [-0.2, -0.15) is 10.4 Å². The average molecular weight is 492 g/mol. The quantitative estimate of drug-likeness (QED) is 0.346. The third-order valence-corrected chi connectivity index (χ3v) is 6.92. The highest BCUT2D eigenvalue weighted by atomic mass is 32.2. The molecule has 0 radical (unpaired) electrons. The summed E-state index contributed by atoms with van der Waals surface area (Å²) in [5, 5.41) is 29.0. The number of carbonyl (C=O) groups is 1. The normalized spacial score (nSPS) is 14.7. The first kappa shape index (κ1) is 23.1. The maximum atomic E-state index is 13.6. The Labute approximate surface area is 212 Å². The van der Waals surface area contributed by atoms with Crippen molar-refractivity contribution in [1.82, 2.24) is 9.99 Å². The minimum atomic E-state index is -0.486. The Morgan fingerprint density at radius 2 is 1.75 bits per heavy atom. The van der Waals surface area contributed by atoms with Crippen molar-refractivity contribution in [3.05, 3.63) is 114 Å². The number of nitrogens with zero attached hydrogens (tertiary/aromatic N) is 4. The number of para-hydroxylation sites is 2. The smallest absolute Gasteiger partial charge is 0.342 e. The number of rotatable bonds is 5. The van der Waals surface area contributed by atoms with Crippen molar-refractivity contribution < 1.29 is 9.90 Å². The van der Waals surface area contributed by atoms with Gasteiger partial charge in [0.05, 0.1) is 23.0 Å². The van der Waals surface area contributed by atoms with Crippen LogP contribution in [-0.4, -0.2) is 26.8 Å². The van der Waals surface area contributed by atoms with E-state index in [2.05, 4.69) is 21.5 Å². The number of benzene rings is 3. The molecule has 36 heavy (non-hydrogen) atoms. The van der Waals surface area contributed by atoms with Gasteiger partial charge in [-0.1, -0.05) is 60.3 Å². The minimum absolute atomic E-state index is 0.104. The van der Waals surface area contributed by atoms with E-state index < -0.39 is 12.1 Å². The van der Waals surface area contributed by atoms with Crippen molar-refractivity contribution >= 4 is 29.2 Å². The summed E-state index contributed by atoms with van der Waals surface area (Å²) in [7, 11) is 0. The second-order valence-electron chi connectivity index (χ2n) is 8.05. The maximum absolute atomic E-state index is 13.6. The number of nitrogens with one attached hydrogen (secondary N) is 1. The number of hydrogen-bond acceptors (Lipinski definition) is 6. The van der Waals surface area contributed by atoms with Crippen LogP contribution < -0.4 is 5.32 Å². The molecule has 2 N–H and O–H groups in total. The van der Waals surface area contributed by atoms with Crippen LogP contribution in [0.4, 0.5) is 10.5 Å². The standard InChI is InChI=1S/C28H21N5O2S/c29-17-19-8-1-5-13-26(19)36-27-14-6-3-11-22(27)31-28(35)33-24(21-10-2-4-12-25(21)34)16-23(32-33)20-9-7-15-30-18-20/h1-15,18,24,34H,16H2,(H,31,35). The number of pyridine rings is 1. The first-order valence-corrected chi connectivity index (χ1v) is 12.1. The lowest BCUT2D eigenvalue weighted by atomic mass is 9.98. The van der Waals surface area contributed by atoms with E-state index >= 15 is 0 Å². The molecule has 1 aromatic heterocycles. The lowest BCUT2D eigenvalue weighted by molar-refractivity contribution is 0.199. The van der Waals surface area contributed by atoms with E-state index in [1.165, 1.54) is 16.8 Å². The number of anilines is 1. The van der Waals surface area contributed by atoms with Gasteiger partial charge in [0.15, 0.2) is 0 Å². The first-order chi connectivity index (χ1) is 17.6. The summed E-state index contributed by atoms with van der Waals surface area (Å²) in [6, 6.07) is 26.7. The molecule has 0 spiro atoms. The zero-order chi connectivity index (χ0) is 24.9. The first-order valence-electron chi connectivity index (χ1n) is 11.3. The molecular formula is C28H21N5O2S. The highest BCUT2D eigenvalue weighted by molar-refractivity contribution is 7.99. The van der Waals surface area contributed by atoms with Gasteiger partial charge in [-0.05, 0) is 36.4 Å². The van der Waals surface area contributed by atoms with Crippen molar-refractivity contribution in [1.29, 1.82) is 5.26 Å². The number of carbonyl (C=O) groups excluding carboxylic acids is 1. The van der Waals surface area contributed by atoms with E-state index in [1.807, 2.05) is 60.7 Å². The second kappa shape index (κ2) is 10.3. The Kier molecular flexibility index (Phi) is 6.65. The second-order valence-corrected chi connectivity index (χ2v) is 9.13. The highest BCUT2D eigenvalue weighted by Gasteiger charge is 2.35. The fourth-order valence-corrected chi connectivity index (χ4v) is 5.00. The summed E-state index contributed by atoms with van der Waals surface area (Å²) in [4.78, 5) is 19.3. The number of urea groups is 1. The van der Waals surface area contributed by atoms with Gasteiger partial charge < -0.3 is 10.4 Å². The molecule has 1 aliphatic rings. The highest BCUT2D eigenvalue weighted by Crippen LogP contribution is 2.39. The predicted octanol–water partition coefficient (Wildman–Crippen LogP) is 6.19. The largest absolute Gasteiger partial charge is 0.508 e. The summed E-state index contributed by atoms with van der Waals surface area (Å²) in [5.74, 6) is 0.104. The third-order valence-electron chi connectivity index (χ3n) is 5.77. The van der Waals surface area contributed by atoms with Crippen LogP contribution in [-0.2, 0) is 0 Å². The van der Waals surface area contributed by atoms with E-state index in [4.69, 9.17) is 0 Å². The van der Waals surface area contributed by atoms with Crippen LogP contribution in [0.1, 0.15) is 29.2 Å². The van der Waals surface area contributed by atoms with Gasteiger partial charge in [-0.15, -0.1) is 0 Å². The van der Waals surface area contributed by atoms with Crippen LogP contribution in [0.25, 0.3) is 0 Å². The molecule has 0 saturated carbocycles. The molecule has 0 fully saturated rings. The van der Waals surface area contributed by atoms with Crippen LogP contribution in [0, 0.1) is 11.3 Å². The van der Waals surface area contributed by atoms with Crippen molar-refractivity contribution in [3.8, 4) is 11.8 Å². The minimum Gasteiger partial charge on any atom is -0.508 e. The summed E-state index contributed by atoms with van der Waals surface area (Å²) in [5.41, 5.74) is 3.30. The number of aromatic hydroxyl groups is 1. The number of nitriles is 1. The van der Waals surface area contributed by atoms with E-state index in [1.54, 1.807) is 36.7 Å². The Hall–Kier alpha value is -4.61. The van der Waals surface area contributed by atoms with E-state index in [0.29, 0.717) is 28.9 Å². The number of amides is 2. The molecule has 0 aliphatic carbocycles. The van der Waals surface area contributed by atoms with Crippen LogP contribution >= 0.6 is 11.8 Å². The molecular weight excluding hydrogens is 470 g/mol. The summed E-state index contributed by atoms with van der Waals surface area (Å²) in [6.45, 7) is 0. The van der Waals surface area contributed by atoms with E-state index in [-0.39, 0.29) is 5.75 Å². The molecule has 2 heterocycles. The number of phenols is 1. The van der Waals surface area contributed by atoms with Gasteiger partial charge in [-0.3, -0.25) is 4.98 Å². The molecule has 7 nitrogen and oxygen atoms in total. The Bertz CT molecular complexity index is 1480. The van der Waals surface area contributed by atoms with E-state index in [0.717, 1.165) is 15.4 Å². The SMILES string of the molecule is N#Cc1ccccc1Sc1ccccc1NC(=O)N1N=C(c2cccnc2)CC1c1ccccc1O. The molecule has 0 saturated heterocycles.